The van der Waals surface area contributed by atoms with E-state index in [0.717, 1.165) is 16.8 Å². The number of aryl methyl sites for hydroxylation is 2. The topological polar surface area (TPSA) is 75.4 Å². The molecule has 0 saturated carbocycles. The summed E-state index contributed by atoms with van der Waals surface area (Å²) in [6.45, 7) is 4.68. The highest BCUT2D eigenvalue weighted by Crippen LogP contribution is 2.26. The minimum atomic E-state index is -0.368. The lowest BCUT2D eigenvalue weighted by Gasteiger charge is -2.16. The van der Waals surface area contributed by atoms with E-state index in [1.807, 2.05) is 68.4 Å². The summed E-state index contributed by atoms with van der Waals surface area (Å²) >= 11 is 0. The van der Waals surface area contributed by atoms with Gasteiger partial charge in [0.15, 0.2) is 5.76 Å². The first-order valence-corrected chi connectivity index (χ1v) is 9.67. The highest BCUT2D eigenvalue weighted by atomic mass is 16.5. The minimum absolute atomic E-state index is 0.0305. The molecular formula is C23H23N3O3. The van der Waals surface area contributed by atoms with Gasteiger partial charge in [-0.15, -0.1) is 0 Å². The molecule has 1 unspecified atom stereocenters. The molecule has 2 heterocycles. The number of nitrogens with one attached hydrogen (secondary N) is 1. The molecule has 2 aromatic carbocycles. The predicted octanol–water partition coefficient (Wildman–Crippen LogP) is 3.63. The van der Waals surface area contributed by atoms with Gasteiger partial charge >= 0.3 is 0 Å². The molecule has 1 aliphatic rings. The van der Waals surface area contributed by atoms with Crippen molar-refractivity contribution in [2.24, 2.45) is 5.92 Å². The number of benzene rings is 2. The average molecular weight is 389 g/mol. The van der Waals surface area contributed by atoms with Crippen LogP contribution in [0.25, 0.3) is 11.3 Å². The molecule has 29 heavy (non-hydrogen) atoms. The number of hydrogen-bond acceptors (Lipinski definition) is 4. The van der Waals surface area contributed by atoms with Gasteiger partial charge < -0.3 is 14.7 Å². The Morgan fingerprint density at radius 1 is 1.10 bits per heavy atom. The number of hydrogen-bond donors (Lipinski definition) is 1. The molecule has 0 aliphatic carbocycles. The Labute approximate surface area is 169 Å². The zero-order valence-corrected chi connectivity index (χ0v) is 16.5. The molecule has 1 aromatic heterocycles. The Hall–Kier alpha value is -3.41. The number of anilines is 1. The van der Waals surface area contributed by atoms with E-state index in [0.29, 0.717) is 18.0 Å². The third-order valence-corrected chi connectivity index (χ3v) is 5.18. The van der Waals surface area contributed by atoms with Crippen LogP contribution >= 0.6 is 0 Å². The van der Waals surface area contributed by atoms with Crippen molar-refractivity contribution in [3.63, 3.8) is 0 Å². The highest BCUT2D eigenvalue weighted by molar-refractivity contribution is 6.00. The summed E-state index contributed by atoms with van der Waals surface area (Å²) in [6, 6.07) is 17.5. The van der Waals surface area contributed by atoms with Crippen molar-refractivity contribution in [1.82, 2.24) is 10.5 Å². The standard InChI is InChI=1S/C23H23N3O3/c1-15-3-7-17(8-4-15)21-12-19(25-29-21)13-24-23(28)18-11-22(27)26(14-18)20-9-5-16(2)6-10-20/h3-10,12,18H,11,13-14H2,1-2H3,(H,24,28). The van der Waals surface area contributed by atoms with Gasteiger partial charge in [0, 0.05) is 30.3 Å². The van der Waals surface area contributed by atoms with Crippen LogP contribution in [0.5, 0.6) is 0 Å². The summed E-state index contributed by atoms with van der Waals surface area (Å²) in [5.74, 6) is 0.119. The van der Waals surface area contributed by atoms with Crippen molar-refractivity contribution < 1.29 is 14.1 Å². The highest BCUT2D eigenvalue weighted by Gasteiger charge is 2.35. The number of carbonyl (C=O) groups excluding carboxylic acids is 2. The van der Waals surface area contributed by atoms with Gasteiger partial charge in [0.1, 0.15) is 5.69 Å². The second kappa shape index (κ2) is 7.91. The van der Waals surface area contributed by atoms with Gasteiger partial charge in [-0.2, -0.15) is 0 Å². The van der Waals surface area contributed by atoms with E-state index >= 15 is 0 Å². The van der Waals surface area contributed by atoms with Crippen molar-refractivity contribution in [1.29, 1.82) is 0 Å². The Bertz CT molecular complexity index is 1020. The first kappa shape index (κ1) is 18.9. The summed E-state index contributed by atoms with van der Waals surface area (Å²) in [6.07, 6.45) is 0.215. The molecule has 3 aromatic rings. The minimum Gasteiger partial charge on any atom is -0.356 e. The Kier molecular flexibility index (Phi) is 5.16. The fourth-order valence-corrected chi connectivity index (χ4v) is 3.43. The third-order valence-electron chi connectivity index (χ3n) is 5.18. The maximum absolute atomic E-state index is 12.6. The van der Waals surface area contributed by atoms with E-state index in [-0.39, 0.29) is 30.7 Å². The fraction of sp³-hybridized carbons (Fsp3) is 0.261. The maximum Gasteiger partial charge on any atom is 0.227 e. The van der Waals surface area contributed by atoms with E-state index < -0.39 is 0 Å². The summed E-state index contributed by atoms with van der Waals surface area (Å²) in [7, 11) is 0. The third kappa shape index (κ3) is 4.21. The van der Waals surface area contributed by atoms with Gasteiger partial charge in [-0.1, -0.05) is 52.7 Å². The number of rotatable bonds is 5. The molecule has 1 fully saturated rings. The van der Waals surface area contributed by atoms with Crippen molar-refractivity contribution in [2.45, 2.75) is 26.8 Å². The van der Waals surface area contributed by atoms with Crippen LogP contribution in [0.1, 0.15) is 23.2 Å². The molecule has 2 amide bonds. The van der Waals surface area contributed by atoms with Crippen molar-refractivity contribution in [2.75, 3.05) is 11.4 Å². The molecule has 1 aliphatic heterocycles. The van der Waals surface area contributed by atoms with Crippen LogP contribution in [0.4, 0.5) is 5.69 Å². The Morgan fingerprint density at radius 2 is 1.76 bits per heavy atom. The van der Waals surface area contributed by atoms with Gasteiger partial charge in [0.25, 0.3) is 0 Å². The maximum atomic E-state index is 12.6. The monoisotopic (exact) mass is 389 g/mol. The molecule has 1 N–H and O–H groups in total. The molecule has 0 bridgehead atoms. The van der Waals surface area contributed by atoms with Crippen LogP contribution < -0.4 is 10.2 Å². The van der Waals surface area contributed by atoms with E-state index in [2.05, 4.69) is 10.5 Å². The molecule has 148 valence electrons. The quantitative estimate of drug-likeness (QED) is 0.723. The molecule has 6 nitrogen and oxygen atoms in total. The van der Waals surface area contributed by atoms with Gasteiger partial charge in [-0.3, -0.25) is 9.59 Å². The van der Waals surface area contributed by atoms with Crippen molar-refractivity contribution in [3.05, 3.63) is 71.4 Å². The lowest BCUT2D eigenvalue weighted by Crippen LogP contribution is -2.32. The van der Waals surface area contributed by atoms with E-state index in [1.165, 1.54) is 5.56 Å². The van der Waals surface area contributed by atoms with E-state index in [1.54, 1.807) is 4.90 Å². The van der Waals surface area contributed by atoms with E-state index in [4.69, 9.17) is 4.52 Å². The molecule has 1 saturated heterocycles. The molecular weight excluding hydrogens is 366 g/mol. The Morgan fingerprint density at radius 3 is 2.45 bits per heavy atom. The second-order valence-electron chi connectivity index (χ2n) is 7.51. The number of aromatic nitrogens is 1. The van der Waals surface area contributed by atoms with Crippen LogP contribution in [-0.4, -0.2) is 23.5 Å². The average Bonchev–Trinajstić information content (AvgIpc) is 3.34. The number of amides is 2. The first-order valence-electron chi connectivity index (χ1n) is 9.67. The van der Waals surface area contributed by atoms with Crippen molar-refractivity contribution in [3.8, 4) is 11.3 Å². The molecule has 0 spiro atoms. The van der Waals surface area contributed by atoms with E-state index in [9.17, 15) is 9.59 Å². The predicted molar refractivity (Wildman–Crippen MR) is 110 cm³/mol. The van der Waals surface area contributed by atoms with Gasteiger partial charge in [-0.05, 0) is 26.0 Å². The van der Waals surface area contributed by atoms with Crippen LogP contribution in [0.2, 0.25) is 0 Å². The summed E-state index contributed by atoms with van der Waals surface area (Å²) in [5.41, 5.74) is 4.72. The van der Waals surface area contributed by atoms with Gasteiger partial charge in [0.2, 0.25) is 11.8 Å². The molecule has 1 atom stereocenters. The molecule has 6 heteroatoms. The fourth-order valence-electron chi connectivity index (χ4n) is 3.43. The van der Waals surface area contributed by atoms with Crippen LogP contribution in [0.3, 0.4) is 0 Å². The van der Waals surface area contributed by atoms with Crippen LogP contribution in [-0.2, 0) is 16.1 Å². The SMILES string of the molecule is Cc1ccc(-c2cc(CNC(=O)C3CC(=O)N(c4ccc(C)cc4)C3)no2)cc1. The number of nitrogens with zero attached hydrogens (tertiary/aromatic N) is 2. The zero-order valence-electron chi connectivity index (χ0n) is 16.5. The smallest absolute Gasteiger partial charge is 0.227 e. The molecule has 4 rings (SSSR count). The largest absolute Gasteiger partial charge is 0.356 e. The Balaban J connectivity index is 1.35. The summed E-state index contributed by atoms with van der Waals surface area (Å²) in [5, 5.41) is 6.91. The first-order chi connectivity index (χ1) is 14.0. The van der Waals surface area contributed by atoms with Crippen LogP contribution in [0.15, 0.2) is 59.1 Å². The van der Waals surface area contributed by atoms with Crippen molar-refractivity contribution >= 4 is 17.5 Å². The lowest BCUT2D eigenvalue weighted by atomic mass is 10.1. The zero-order chi connectivity index (χ0) is 20.4. The number of carbonyl (C=O) groups is 2. The molecule has 0 radical (unpaired) electrons. The summed E-state index contributed by atoms with van der Waals surface area (Å²) in [4.78, 5) is 26.6. The normalized spacial score (nSPS) is 16.3. The second-order valence-corrected chi connectivity index (χ2v) is 7.51. The summed E-state index contributed by atoms with van der Waals surface area (Å²) < 4.78 is 5.39. The lowest BCUT2D eigenvalue weighted by molar-refractivity contribution is -0.126. The van der Waals surface area contributed by atoms with Gasteiger partial charge in [0.05, 0.1) is 12.5 Å². The van der Waals surface area contributed by atoms with Crippen LogP contribution in [0, 0.1) is 19.8 Å². The van der Waals surface area contributed by atoms with Gasteiger partial charge in [-0.25, -0.2) is 0 Å².